The first-order valence-electron chi connectivity index (χ1n) is 7.94. The van der Waals surface area contributed by atoms with Crippen molar-refractivity contribution >= 4 is 46.0 Å². The number of ether oxygens (including phenoxy) is 1. The lowest BCUT2D eigenvalue weighted by atomic mass is 10.0. The molecule has 0 aliphatic heterocycles. The number of aromatic amines is 1. The SMILES string of the molecule is COC(=O)N/N=C(\c1nc2ccc(Cl)cc2[nH]c1=O)[C@H](O)c1ccc(Cl)cc1. The number of methoxy groups -OCH3 is 1. The first-order valence-corrected chi connectivity index (χ1v) is 8.69. The van der Waals surface area contributed by atoms with E-state index < -0.39 is 17.8 Å². The standard InChI is InChI=1S/C18H14Cl2N4O4/c1-28-18(27)24-23-14(16(25)9-2-4-10(19)5-3-9)15-17(26)22-13-8-11(20)6-7-12(13)21-15/h2-8,16,25H,1H3,(H,22,26)(H,24,27)/b23-14+/t16-/m1/s1. The lowest BCUT2D eigenvalue weighted by molar-refractivity contribution is 0.171. The van der Waals surface area contributed by atoms with Crippen LogP contribution in [0.25, 0.3) is 11.0 Å². The maximum absolute atomic E-state index is 12.6. The number of aromatic nitrogens is 2. The summed E-state index contributed by atoms with van der Waals surface area (Å²) >= 11 is 11.8. The van der Waals surface area contributed by atoms with Crippen molar-refractivity contribution in [2.45, 2.75) is 6.10 Å². The summed E-state index contributed by atoms with van der Waals surface area (Å²) < 4.78 is 4.47. The van der Waals surface area contributed by atoms with Crippen molar-refractivity contribution in [2.75, 3.05) is 7.11 Å². The summed E-state index contributed by atoms with van der Waals surface area (Å²) in [5.41, 5.74) is 2.38. The summed E-state index contributed by atoms with van der Waals surface area (Å²) in [7, 11) is 1.16. The molecule has 1 heterocycles. The molecule has 0 unspecified atom stereocenters. The molecule has 1 atom stereocenters. The van der Waals surface area contributed by atoms with Crippen LogP contribution in [0.4, 0.5) is 4.79 Å². The number of H-pyrrole nitrogens is 1. The number of hydrogen-bond acceptors (Lipinski definition) is 6. The second-order valence-electron chi connectivity index (χ2n) is 5.63. The van der Waals surface area contributed by atoms with E-state index in [1.54, 1.807) is 42.5 Å². The van der Waals surface area contributed by atoms with Crippen LogP contribution in [0, 0.1) is 0 Å². The fraction of sp³-hybridized carbons (Fsp3) is 0.111. The molecule has 0 saturated carbocycles. The molecule has 8 nitrogen and oxygen atoms in total. The highest BCUT2D eigenvalue weighted by atomic mass is 35.5. The molecule has 1 amide bonds. The topological polar surface area (TPSA) is 117 Å². The van der Waals surface area contributed by atoms with Gasteiger partial charge in [-0.15, -0.1) is 0 Å². The van der Waals surface area contributed by atoms with E-state index in [2.05, 4.69) is 25.2 Å². The number of carbonyl (C=O) groups is 1. The minimum atomic E-state index is -1.37. The van der Waals surface area contributed by atoms with E-state index in [4.69, 9.17) is 23.2 Å². The van der Waals surface area contributed by atoms with Gasteiger partial charge in [0, 0.05) is 10.0 Å². The van der Waals surface area contributed by atoms with Crippen LogP contribution in [0.5, 0.6) is 0 Å². The molecule has 10 heteroatoms. The van der Waals surface area contributed by atoms with E-state index in [1.807, 2.05) is 0 Å². The first kappa shape index (κ1) is 19.8. The Labute approximate surface area is 168 Å². The molecule has 3 aromatic rings. The maximum atomic E-state index is 12.6. The van der Waals surface area contributed by atoms with Crippen molar-refractivity contribution in [2.24, 2.45) is 5.10 Å². The van der Waals surface area contributed by atoms with Gasteiger partial charge in [0.15, 0.2) is 5.69 Å². The Morgan fingerprint density at radius 2 is 1.89 bits per heavy atom. The molecule has 0 fully saturated rings. The van der Waals surface area contributed by atoms with Crippen molar-refractivity contribution in [3.63, 3.8) is 0 Å². The highest BCUT2D eigenvalue weighted by Crippen LogP contribution is 2.21. The predicted molar refractivity (Wildman–Crippen MR) is 106 cm³/mol. The van der Waals surface area contributed by atoms with Gasteiger partial charge < -0.3 is 14.8 Å². The molecule has 0 spiro atoms. The highest BCUT2D eigenvalue weighted by Gasteiger charge is 2.23. The third-order valence-corrected chi connectivity index (χ3v) is 4.28. The Hall–Kier alpha value is -2.94. The van der Waals surface area contributed by atoms with Crippen LogP contribution in [0.15, 0.2) is 52.4 Å². The third kappa shape index (κ3) is 4.30. The van der Waals surface area contributed by atoms with Gasteiger partial charge in [0.05, 0.1) is 18.1 Å². The number of aliphatic hydroxyl groups excluding tert-OH is 1. The molecule has 3 rings (SSSR count). The molecule has 1 aromatic heterocycles. The van der Waals surface area contributed by atoms with Crippen molar-refractivity contribution in [1.29, 1.82) is 0 Å². The van der Waals surface area contributed by atoms with Gasteiger partial charge in [-0.05, 0) is 35.9 Å². The lowest BCUT2D eigenvalue weighted by Gasteiger charge is -2.14. The molecule has 0 saturated heterocycles. The number of aliphatic hydroxyl groups is 1. The molecular formula is C18H14Cl2N4O4. The van der Waals surface area contributed by atoms with Gasteiger partial charge in [-0.1, -0.05) is 35.3 Å². The number of nitrogens with one attached hydrogen (secondary N) is 2. The molecule has 0 bridgehead atoms. The summed E-state index contributed by atoms with van der Waals surface area (Å²) in [6, 6.07) is 11.0. The van der Waals surface area contributed by atoms with Crippen molar-refractivity contribution in [1.82, 2.24) is 15.4 Å². The molecule has 0 radical (unpaired) electrons. The Kier molecular flexibility index (Phi) is 5.93. The number of fused-ring (bicyclic) bond motifs is 1. The number of nitrogens with zero attached hydrogens (tertiary/aromatic N) is 2. The lowest BCUT2D eigenvalue weighted by Crippen LogP contribution is -2.29. The average Bonchev–Trinajstić information content (AvgIpc) is 2.68. The van der Waals surface area contributed by atoms with Gasteiger partial charge in [0.2, 0.25) is 0 Å². The fourth-order valence-electron chi connectivity index (χ4n) is 2.43. The minimum absolute atomic E-state index is 0.173. The Morgan fingerprint density at radius 1 is 1.21 bits per heavy atom. The van der Waals surface area contributed by atoms with E-state index in [0.717, 1.165) is 7.11 Å². The molecule has 0 aliphatic rings. The number of rotatable bonds is 4. The second kappa shape index (κ2) is 8.39. The van der Waals surface area contributed by atoms with E-state index in [0.29, 0.717) is 26.6 Å². The van der Waals surface area contributed by atoms with E-state index in [-0.39, 0.29) is 11.4 Å². The number of halogens is 2. The Bertz CT molecular complexity index is 1110. The monoisotopic (exact) mass is 420 g/mol. The molecule has 3 N–H and O–H groups in total. The number of benzene rings is 2. The van der Waals surface area contributed by atoms with Gasteiger partial charge in [0.25, 0.3) is 5.56 Å². The molecule has 144 valence electrons. The largest absolute Gasteiger partial charge is 0.452 e. The zero-order chi connectivity index (χ0) is 20.3. The molecule has 2 aromatic carbocycles. The summed E-state index contributed by atoms with van der Waals surface area (Å²) in [5, 5.41) is 15.5. The number of hydrazone groups is 1. The summed E-state index contributed by atoms with van der Waals surface area (Å²) in [6.07, 6.45) is -2.24. The Balaban J connectivity index is 2.13. The highest BCUT2D eigenvalue weighted by molar-refractivity contribution is 6.31. The van der Waals surface area contributed by atoms with Crippen LogP contribution in [0.2, 0.25) is 10.0 Å². The average molecular weight is 421 g/mol. The van der Waals surface area contributed by atoms with Crippen molar-refractivity contribution in [3.05, 3.63) is 74.1 Å². The molecule has 28 heavy (non-hydrogen) atoms. The van der Waals surface area contributed by atoms with Gasteiger partial charge >= 0.3 is 6.09 Å². The van der Waals surface area contributed by atoms with Crippen molar-refractivity contribution in [3.8, 4) is 0 Å². The van der Waals surface area contributed by atoms with Crippen LogP contribution >= 0.6 is 23.2 Å². The second-order valence-corrected chi connectivity index (χ2v) is 6.50. The Morgan fingerprint density at radius 3 is 2.57 bits per heavy atom. The first-order chi connectivity index (χ1) is 13.4. The normalized spacial score (nSPS) is 12.6. The summed E-state index contributed by atoms with van der Waals surface area (Å²) in [6.45, 7) is 0. The third-order valence-electron chi connectivity index (χ3n) is 3.79. The smallest absolute Gasteiger partial charge is 0.427 e. The zero-order valence-corrected chi connectivity index (χ0v) is 16.0. The van der Waals surface area contributed by atoms with Crippen LogP contribution in [0.3, 0.4) is 0 Å². The van der Waals surface area contributed by atoms with Crippen LogP contribution in [0.1, 0.15) is 17.4 Å². The van der Waals surface area contributed by atoms with Gasteiger partial charge in [-0.25, -0.2) is 15.2 Å². The number of hydrogen-bond donors (Lipinski definition) is 3. The fourth-order valence-corrected chi connectivity index (χ4v) is 2.73. The number of amides is 1. The van der Waals surface area contributed by atoms with Gasteiger partial charge in [-0.3, -0.25) is 4.79 Å². The quantitative estimate of drug-likeness (QED) is 0.442. The number of carbonyl (C=O) groups excluding carboxylic acids is 1. The van der Waals surface area contributed by atoms with Gasteiger partial charge in [-0.2, -0.15) is 5.10 Å². The molecule has 0 aliphatic carbocycles. The van der Waals surface area contributed by atoms with E-state index >= 15 is 0 Å². The summed E-state index contributed by atoms with van der Waals surface area (Å²) in [5.74, 6) is 0. The van der Waals surface area contributed by atoms with E-state index in [9.17, 15) is 14.7 Å². The minimum Gasteiger partial charge on any atom is -0.452 e. The summed E-state index contributed by atoms with van der Waals surface area (Å²) in [4.78, 5) is 30.9. The zero-order valence-electron chi connectivity index (χ0n) is 14.4. The van der Waals surface area contributed by atoms with Crippen LogP contribution in [-0.4, -0.2) is 34.0 Å². The van der Waals surface area contributed by atoms with Crippen LogP contribution < -0.4 is 11.0 Å². The van der Waals surface area contributed by atoms with E-state index in [1.165, 1.54) is 0 Å². The predicted octanol–water partition coefficient (Wildman–Crippen LogP) is 3.02. The van der Waals surface area contributed by atoms with Crippen molar-refractivity contribution < 1.29 is 14.6 Å². The van der Waals surface area contributed by atoms with Gasteiger partial charge in [0.1, 0.15) is 11.8 Å². The maximum Gasteiger partial charge on any atom is 0.427 e. The van der Waals surface area contributed by atoms with Crippen LogP contribution in [-0.2, 0) is 4.74 Å². The molecular weight excluding hydrogens is 407 g/mol.